The third-order valence-corrected chi connectivity index (χ3v) is 3.33. The van der Waals surface area contributed by atoms with Crippen molar-refractivity contribution < 1.29 is 4.39 Å². The van der Waals surface area contributed by atoms with E-state index in [1.807, 2.05) is 13.8 Å². The van der Waals surface area contributed by atoms with Crippen LogP contribution in [0.5, 0.6) is 0 Å². The molecular formula is C10H9BrFN3. The normalized spacial score (nSPS) is 10.7. The maximum atomic E-state index is 13.5. The van der Waals surface area contributed by atoms with Gasteiger partial charge in [0.1, 0.15) is 5.69 Å². The first-order valence-corrected chi connectivity index (χ1v) is 5.22. The van der Waals surface area contributed by atoms with Crippen molar-refractivity contribution in [2.24, 2.45) is 0 Å². The van der Waals surface area contributed by atoms with Crippen LogP contribution in [-0.2, 0) is 0 Å². The Balaban J connectivity index is 2.65. The van der Waals surface area contributed by atoms with Gasteiger partial charge in [-0.05, 0) is 35.8 Å². The summed E-state index contributed by atoms with van der Waals surface area (Å²) in [6.07, 6.45) is 2.72. The summed E-state index contributed by atoms with van der Waals surface area (Å²) < 4.78 is 15.9. The monoisotopic (exact) mass is 269 g/mol. The second-order valence-corrected chi connectivity index (χ2v) is 4.02. The minimum atomic E-state index is -0.379. The molecule has 0 aromatic carbocycles. The fraction of sp³-hybridized carbons (Fsp3) is 0.200. The molecule has 0 aliphatic rings. The van der Waals surface area contributed by atoms with Gasteiger partial charge in [0.2, 0.25) is 0 Å². The maximum absolute atomic E-state index is 13.5. The molecule has 0 atom stereocenters. The first-order chi connectivity index (χ1) is 7.11. The number of hydrogen-bond donors (Lipinski definition) is 0. The zero-order valence-corrected chi connectivity index (χ0v) is 9.92. The molecule has 2 aromatic heterocycles. The summed E-state index contributed by atoms with van der Waals surface area (Å²) in [6, 6.07) is 1.60. The fourth-order valence-electron chi connectivity index (χ4n) is 1.40. The zero-order valence-electron chi connectivity index (χ0n) is 8.33. The average Bonchev–Trinajstić information content (AvgIpc) is 2.47. The van der Waals surface area contributed by atoms with Crippen LogP contribution in [0.2, 0.25) is 0 Å². The van der Waals surface area contributed by atoms with E-state index in [2.05, 4.69) is 26.0 Å². The zero-order chi connectivity index (χ0) is 11.0. The van der Waals surface area contributed by atoms with Gasteiger partial charge in [-0.15, -0.1) is 0 Å². The molecule has 0 aliphatic heterocycles. The molecule has 15 heavy (non-hydrogen) atoms. The molecule has 0 bridgehead atoms. The smallest absolute Gasteiger partial charge is 0.167 e. The quantitative estimate of drug-likeness (QED) is 0.797. The molecular weight excluding hydrogens is 261 g/mol. The lowest BCUT2D eigenvalue weighted by Crippen LogP contribution is -2.02. The van der Waals surface area contributed by atoms with Crippen LogP contribution in [0.3, 0.4) is 0 Å². The SMILES string of the molecule is Cc1nn(-c2ccncc2F)c(C)c1Br. The molecule has 0 spiro atoms. The topological polar surface area (TPSA) is 30.7 Å². The van der Waals surface area contributed by atoms with Crippen molar-refractivity contribution >= 4 is 15.9 Å². The van der Waals surface area contributed by atoms with Crippen molar-refractivity contribution in [1.29, 1.82) is 0 Å². The molecule has 2 heterocycles. The van der Waals surface area contributed by atoms with Crippen molar-refractivity contribution in [3.8, 4) is 5.69 Å². The van der Waals surface area contributed by atoms with Crippen molar-refractivity contribution in [3.05, 3.63) is 40.1 Å². The average molecular weight is 270 g/mol. The highest BCUT2D eigenvalue weighted by Gasteiger charge is 2.12. The Bertz CT molecular complexity index is 507. The molecule has 0 unspecified atom stereocenters. The van der Waals surface area contributed by atoms with Crippen LogP contribution >= 0.6 is 15.9 Å². The number of halogens is 2. The largest absolute Gasteiger partial charge is 0.262 e. The molecule has 2 rings (SSSR count). The molecule has 0 amide bonds. The minimum absolute atomic E-state index is 0.379. The van der Waals surface area contributed by atoms with E-state index in [1.165, 1.54) is 6.20 Å². The standard InChI is InChI=1S/C10H9BrFN3/c1-6-10(11)7(2)15(14-6)9-3-4-13-5-8(9)12/h3-5H,1-2H3. The van der Waals surface area contributed by atoms with Gasteiger partial charge in [0.05, 0.1) is 22.1 Å². The predicted octanol–water partition coefficient (Wildman–Crippen LogP) is 2.79. The minimum Gasteiger partial charge on any atom is -0.262 e. The molecule has 0 aliphatic carbocycles. The molecule has 5 heteroatoms. The van der Waals surface area contributed by atoms with Gasteiger partial charge in [-0.1, -0.05) is 0 Å². The van der Waals surface area contributed by atoms with Crippen LogP contribution in [0, 0.1) is 19.7 Å². The third-order valence-electron chi connectivity index (χ3n) is 2.18. The molecule has 0 radical (unpaired) electrons. The van der Waals surface area contributed by atoms with Crippen molar-refractivity contribution in [2.75, 3.05) is 0 Å². The summed E-state index contributed by atoms with van der Waals surface area (Å²) in [4.78, 5) is 3.70. The lowest BCUT2D eigenvalue weighted by atomic mass is 10.3. The second kappa shape index (κ2) is 3.73. The van der Waals surface area contributed by atoms with E-state index in [9.17, 15) is 4.39 Å². The summed E-state index contributed by atoms with van der Waals surface area (Å²) in [5.74, 6) is -0.379. The van der Waals surface area contributed by atoms with Crippen molar-refractivity contribution in [3.63, 3.8) is 0 Å². The Morgan fingerprint density at radius 3 is 2.67 bits per heavy atom. The molecule has 0 fully saturated rings. The van der Waals surface area contributed by atoms with Crippen LogP contribution in [0.25, 0.3) is 5.69 Å². The Morgan fingerprint density at radius 1 is 1.40 bits per heavy atom. The van der Waals surface area contributed by atoms with Gasteiger partial charge in [0.25, 0.3) is 0 Å². The lowest BCUT2D eigenvalue weighted by Gasteiger charge is -2.04. The molecule has 0 saturated carbocycles. The van der Waals surface area contributed by atoms with E-state index < -0.39 is 0 Å². The second-order valence-electron chi connectivity index (χ2n) is 3.22. The van der Waals surface area contributed by atoms with Gasteiger partial charge in [-0.3, -0.25) is 4.98 Å². The first-order valence-electron chi connectivity index (χ1n) is 4.43. The number of nitrogens with zero attached hydrogens (tertiary/aromatic N) is 3. The van der Waals surface area contributed by atoms with Gasteiger partial charge in [-0.2, -0.15) is 5.10 Å². The third kappa shape index (κ3) is 1.67. The molecule has 0 N–H and O–H groups in total. The van der Waals surface area contributed by atoms with E-state index in [4.69, 9.17) is 0 Å². The van der Waals surface area contributed by atoms with Crippen molar-refractivity contribution in [1.82, 2.24) is 14.8 Å². The van der Waals surface area contributed by atoms with Crippen LogP contribution in [0.1, 0.15) is 11.4 Å². The Morgan fingerprint density at radius 2 is 2.13 bits per heavy atom. The number of pyridine rings is 1. The van der Waals surface area contributed by atoms with Gasteiger partial charge in [0.15, 0.2) is 5.82 Å². The Hall–Kier alpha value is -1.23. The van der Waals surface area contributed by atoms with Gasteiger partial charge in [0, 0.05) is 6.20 Å². The number of aromatic nitrogens is 3. The number of aryl methyl sites for hydroxylation is 1. The van der Waals surface area contributed by atoms with Gasteiger partial charge >= 0.3 is 0 Å². The molecule has 2 aromatic rings. The molecule has 78 valence electrons. The van der Waals surface area contributed by atoms with Crippen LogP contribution in [-0.4, -0.2) is 14.8 Å². The van der Waals surface area contributed by atoms with E-state index in [-0.39, 0.29) is 5.82 Å². The van der Waals surface area contributed by atoms with E-state index in [1.54, 1.807) is 16.9 Å². The maximum Gasteiger partial charge on any atom is 0.167 e. The predicted molar refractivity (Wildman–Crippen MR) is 58.5 cm³/mol. The van der Waals surface area contributed by atoms with Gasteiger partial charge < -0.3 is 0 Å². The summed E-state index contributed by atoms with van der Waals surface area (Å²) in [7, 11) is 0. The van der Waals surface area contributed by atoms with Crippen LogP contribution in [0.4, 0.5) is 4.39 Å². The first kappa shape index (κ1) is 10.3. The Kier molecular flexibility index (Phi) is 2.56. The number of hydrogen-bond acceptors (Lipinski definition) is 2. The highest BCUT2D eigenvalue weighted by atomic mass is 79.9. The van der Waals surface area contributed by atoms with Crippen molar-refractivity contribution in [2.45, 2.75) is 13.8 Å². The van der Waals surface area contributed by atoms with Gasteiger partial charge in [-0.25, -0.2) is 9.07 Å². The highest BCUT2D eigenvalue weighted by Crippen LogP contribution is 2.23. The molecule has 3 nitrogen and oxygen atoms in total. The summed E-state index contributed by atoms with van der Waals surface area (Å²) in [6.45, 7) is 3.75. The van der Waals surface area contributed by atoms with Crippen LogP contribution in [0.15, 0.2) is 22.9 Å². The van der Waals surface area contributed by atoms with Crippen LogP contribution < -0.4 is 0 Å². The summed E-state index contributed by atoms with van der Waals surface area (Å²) >= 11 is 3.40. The highest BCUT2D eigenvalue weighted by molar-refractivity contribution is 9.10. The summed E-state index contributed by atoms with van der Waals surface area (Å²) in [5, 5.41) is 4.24. The van der Waals surface area contributed by atoms with E-state index in [0.717, 1.165) is 15.9 Å². The van der Waals surface area contributed by atoms with E-state index in [0.29, 0.717) is 5.69 Å². The number of rotatable bonds is 1. The lowest BCUT2D eigenvalue weighted by molar-refractivity contribution is 0.601. The fourth-order valence-corrected chi connectivity index (χ4v) is 1.65. The summed E-state index contributed by atoms with van der Waals surface area (Å²) in [5.41, 5.74) is 2.12. The Labute approximate surface area is 95.1 Å². The molecule has 0 saturated heterocycles. The van der Waals surface area contributed by atoms with E-state index >= 15 is 0 Å².